The van der Waals surface area contributed by atoms with Crippen LogP contribution >= 0.6 is 0 Å². The van der Waals surface area contributed by atoms with Gasteiger partial charge in [0.15, 0.2) is 5.96 Å². The third kappa shape index (κ3) is 5.35. The smallest absolute Gasteiger partial charge is 0.191 e. The predicted octanol–water partition coefficient (Wildman–Crippen LogP) is 2.65. The van der Waals surface area contributed by atoms with Gasteiger partial charge in [0.25, 0.3) is 0 Å². The lowest BCUT2D eigenvalue weighted by Gasteiger charge is -2.12. The summed E-state index contributed by atoms with van der Waals surface area (Å²) in [5.41, 5.74) is 3.74. The van der Waals surface area contributed by atoms with Gasteiger partial charge < -0.3 is 10.6 Å². The molecule has 1 aromatic rings. The Morgan fingerprint density at radius 1 is 1.18 bits per heavy atom. The lowest BCUT2D eigenvalue weighted by Crippen LogP contribution is -2.38. The standard InChI is InChI=1S/C17H33N5/c1-7-15-14(16(8-2)22(6)21-15)12-20-17(18-9-3)19-11-10-13(4)5/h13H,7-12H2,1-6H3,(H2,18,19,20). The van der Waals surface area contributed by atoms with Crippen LogP contribution in [0, 0.1) is 5.92 Å². The van der Waals surface area contributed by atoms with Crippen LogP contribution in [0.4, 0.5) is 0 Å². The molecule has 1 aromatic heterocycles. The molecule has 0 fully saturated rings. The molecule has 126 valence electrons. The van der Waals surface area contributed by atoms with E-state index in [9.17, 15) is 0 Å². The molecule has 0 aromatic carbocycles. The normalized spacial score (nSPS) is 12.0. The molecular formula is C17H33N5. The van der Waals surface area contributed by atoms with Crippen molar-refractivity contribution in [1.29, 1.82) is 0 Å². The Bertz CT molecular complexity index is 474. The van der Waals surface area contributed by atoms with Crippen molar-refractivity contribution in [3.05, 3.63) is 17.0 Å². The fourth-order valence-corrected chi connectivity index (χ4v) is 2.55. The van der Waals surface area contributed by atoms with Gasteiger partial charge >= 0.3 is 0 Å². The number of aliphatic imine (C=N–C) groups is 1. The summed E-state index contributed by atoms with van der Waals surface area (Å²) in [6.07, 6.45) is 3.10. The molecule has 22 heavy (non-hydrogen) atoms. The van der Waals surface area contributed by atoms with Gasteiger partial charge in [-0.1, -0.05) is 27.7 Å². The molecule has 0 saturated carbocycles. The first kappa shape index (κ1) is 18.5. The highest BCUT2D eigenvalue weighted by Gasteiger charge is 2.13. The van der Waals surface area contributed by atoms with Gasteiger partial charge in [-0.2, -0.15) is 5.10 Å². The van der Waals surface area contributed by atoms with E-state index in [1.807, 2.05) is 11.7 Å². The number of nitrogens with one attached hydrogen (secondary N) is 2. The Kier molecular flexibility index (Phi) is 7.99. The number of hydrogen-bond donors (Lipinski definition) is 2. The number of hydrogen-bond acceptors (Lipinski definition) is 2. The summed E-state index contributed by atoms with van der Waals surface area (Å²) in [5, 5.41) is 11.4. The number of aryl methyl sites for hydroxylation is 2. The monoisotopic (exact) mass is 307 g/mol. The minimum atomic E-state index is 0.692. The summed E-state index contributed by atoms with van der Waals surface area (Å²) < 4.78 is 2.00. The van der Waals surface area contributed by atoms with Crippen molar-refractivity contribution in [1.82, 2.24) is 20.4 Å². The fourth-order valence-electron chi connectivity index (χ4n) is 2.55. The molecule has 5 nitrogen and oxygen atoms in total. The molecule has 1 rings (SSSR count). The van der Waals surface area contributed by atoms with E-state index in [1.54, 1.807) is 0 Å². The van der Waals surface area contributed by atoms with Crippen LogP contribution in [0.3, 0.4) is 0 Å². The zero-order valence-corrected chi connectivity index (χ0v) is 15.2. The maximum Gasteiger partial charge on any atom is 0.191 e. The van der Waals surface area contributed by atoms with E-state index in [0.29, 0.717) is 12.5 Å². The molecular weight excluding hydrogens is 274 g/mol. The van der Waals surface area contributed by atoms with E-state index in [0.717, 1.165) is 38.3 Å². The van der Waals surface area contributed by atoms with Crippen LogP contribution in [0.15, 0.2) is 4.99 Å². The summed E-state index contributed by atoms with van der Waals surface area (Å²) >= 11 is 0. The second-order valence-electron chi connectivity index (χ2n) is 6.01. The zero-order valence-electron chi connectivity index (χ0n) is 15.2. The fraction of sp³-hybridized carbons (Fsp3) is 0.765. The molecule has 0 atom stereocenters. The van der Waals surface area contributed by atoms with Gasteiger partial charge in [0, 0.05) is 31.4 Å². The van der Waals surface area contributed by atoms with Crippen LogP contribution in [0.2, 0.25) is 0 Å². The minimum Gasteiger partial charge on any atom is -0.357 e. The molecule has 0 aliphatic carbocycles. The average Bonchev–Trinajstić information content (AvgIpc) is 2.79. The van der Waals surface area contributed by atoms with Gasteiger partial charge in [0.1, 0.15) is 0 Å². The van der Waals surface area contributed by atoms with Crippen molar-refractivity contribution in [3.63, 3.8) is 0 Å². The van der Waals surface area contributed by atoms with Crippen LogP contribution in [-0.2, 0) is 26.4 Å². The second kappa shape index (κ2) is 9.49. The van der Waals surface area contributed by atoms with Crippen LogP contribution in [0.5, 0.6) is 0 Å². The molecule has 0 spiro atoms. The van der Waals surface area contributed by atoms with Crippen molar-refractivity contribution >= 4 is 5.96 Å². The highest BCUT2D eigenvalue weighted by atomic mass is 15.3. The molecule has 0 aliphatic heterocycles. The molecule has 1 heterocycles. The molecule has 0 amide bonds. The van der Waals surface area contributed by atoms with E-state index in [4.69, 9.17) is 4.99 Å². The summed E-state index contributed by atoms with van der Waals surface area (Å²) in [5.74, 6) is 1.60. The van der Waals surface area contributed by atoms with Gasteiger partial charge in [-0.3, -0.25) is 4.68 Å². The van der Waals surface area contributed by atoms with Gasteiger partial charge in [0.05, 0.1) is 12.2 Å². The third-order valence-corrected chi connectivity index (χ3v) is 3.78. The molecule has 2 N–H and O–H groups in total. The Morgan fingerprint density at radius 3 is 2.45 bits per heavy atom. The van der Waals surface area contributed by atoms with Crippen molar-refractivity contribution in [2.24, 2.45) is 18.0 Å². The number of rotatable bonds is 8. The van der Waals surface area contributed by atoms with E-state index < -0.39 is 0 Å². The molecule has 0 bridgehead atoms. The first-order chi connectivity index (χ1) is 10.5. The van der Waals surface area contributed by atoms with Gasteiger partial charge in [-0.25, -0.2) is 4.99 Å². The van der Waals surface area contributed by atoms with Crippen LogP contribution in [-0.4, -0.2) is 28.8 Å². The van der Waals surface area contributed by atoms with E-state index >= 15 is 0 Å². The summed E-state index contributed by atoms with van der Waals surface area (Å²) in [6.45, 7) is 13.4. The van der Waals surface area contributed by atoms with Crippen LogP contribution < -0.4 is 10.6 Å². The van der Waals surface area contributed by atoms with Crippen molar-refractivity contribution < 1.29 is 0 Å². The summed E-state index contributed by atoms with van der Waals surface area (Å²) in [7, 11) is 2.03. The number of guanidine groups is 1. The Hall–Kier alpha value is -1.52. The minimum absolute atomic E-state index is 0.692. The lowest BCUT2D eigenvalue weighted by molar-refractivity contribution is 0.573. The summed E-state index contributed by atoms with van der Waals surface area (Å²) in [6, 6.07) is 0. The van der Waals surface area contributed by atoms with E-state index in [1.165, 1.54) is 17.0 Å². The molecule has 0 unspecified atom stereocenters. The predicted molar refractivity (Wildman–Crippen MR) is 94.2 cm³/mol. The Balaban J connectivity index is 2.81. The largest absolute Gasteiger partial charge is 0.357 e. The van der Waals surface area contributed by atoms with E-state index in [-0.39, 0.29) is 0 Å². The van der Waals surface area contributed by atoms with Gasteiger partial charge in [-0.05, 0) is 32.1 Å². The van der Waals surface area contributed by atoms with Gasteiger partial charge in [-0.15, -0.1) is 0 Å². The zero-order chi connectivity index (χ0) is 16.5. The van der Waals surface area contributed by atoms with Gasteiger partial charge in [0.2, 0.25) is 0 Å². The first-order valence-electron chi connectivity index (χ1n) is 8.59. The van der Waals surface area contributed by atoms with E-state index in [2.05, 4.69) is 50.4 Å². The molecule has 0 radical (unpaired) electrons. The van der Waals surface area contributed by atoms with Crippen molar-refractivity contribution in [2.45, 2.75) is 60.4 Å². The topological polar surface area (TPSA) is 54.2 Å². The Labute approximate surface area is 135 Å². The average molecular weight is 307 g/mol. The maximum atomic E-state index is 4.75. The van der Waals surface area contributed by atoms with Crippen molar-refractivity contribution in [3.8, 4) is 0 Å². The second-order valence-corrected chi connectivity index (χ2v) is 6.01. The third-order valence-electron chi connectivity index (χ3n) is 3.78. The maximum absolute atomic E-state index is 4.75. The summed E-state index contributed by atoms with van der Waals surface area (Å²) in [4.78, 5) is 4.75. The lowest BCUT2D eigenvalue weighted by atomic mass is 10.1. The molecule has 0 saturated heterocycles. The molecule has 5 heteroatoms. The first-order valence-corrected chi connectivity index (χ1v) is 8.59. The highest BCUT2D eigenvalue weighted by Crippen LogP contribution is 2.16. The quantitative estimate of drug-likeness (QED) is 0.573. The molecule has 0 aliphatic rings. The highest BCUT2D eigenvalue weighted by molar-refractivity contribution is 5.79. The van der Waals surface area contributed by atoms with Crippen molar-refractivity contribution in [2.75, 3.05) is 13.1 Å². The number of aromatic nitrogens is 2. The SMILES string of the molecule is CCNC(=NCc1c(CC)nn(C)c1CC)NCCC(C)C. The van der Waals surface area contributed by atoms with Crippen LogP contribution in [0.25, 0.3) is 0 Å². The Morgan fingerprint density at radius 2 is 1.91 bits per heavy atom. The van der Waals surface area contributed by atoms with Crippen LogP contribution in [0.1, 0.15) is 58.0 Å². The number of nitrogens with zero attached hydrogens (tertiary/aromatic N) is 3.